The summed E-state index contributed by atoms with van der Waals surface area (Å²) >= 11 is 0. The van der Waals surface area contributed by atoms with Crippen LogP contribution in [-0.4, -0.2) is 61.6 Å². The van der Waals surface area contributed by atoms with Crippen LogP contribution in [0, 0.1) is 6.92 Å². The van der Waals surface area contributed by atoms with Crippen molar-refractivity contribution < 1.29 is 33.0 Å². The largest absolute Gasteiger partial charge is 0.493 e. The van der Waals surface area contributed by atoms with Gasteiger partial charge in [0.1, 0.15) is 23.7 Å². The van der Waals surface area contributed by atoms with Crippen LogP contribution in [0.15, 0.2) is 46.9 Å². The highest BCUT2D eigenvalue weighted by Gasteiger charge is 2.20. The van der Waals surface area contributed by atoms with E-state index in [1.165, 1.54) is 12.1 Å². The summed E-state index contributed by atoms with van der Waals surface area (Å²) in [4.78, 5) is 32.1. The van der Waals surface area contributed by atoms with Gasteiger partial charge in [-0.15, -0.1) is 0 Å². The molecule has 0 radical (unpaired) electrons. The molecule has 3 aromatic rings. The average molecular weight is 648 g/mol. The van der Waals surface area contributed by atoms with Crippen molar-refractivity contribution in [2.24, 2.45) is 0 Å². The molecule has 0 spiro atoms. The Morgan fingerprint density at radius 3 is 2.45 bits per heavy atom. The number of rotatable bonds is 12. The molecule has 2 fully saturated rings. The van der Waals surface area contributed by atoms with E-state index in [2.05, 4.69) is 22.3 Å². The maximum absolute atomic E-state index is 12.6. The highest BCUT2D eigenvalue weighted by Crippen LogP contribution is 2.26. The second-order valence-corrected chi connectivity index (χ2v) is 13.3. The van der Waals surface area contributed by atoms with Gasteiger partial charge in [-0.25, -0.2) is 9.78 Å². The van der Waals surface area contributed by atoms with Crippen LogP contribution in [0.4, 0.5) is 10.5 Å². The Morgan fingerprint density at radius 1 is 0.979 bits per heavy atom. The maximum atomic E-state index is 12.6. The first-order chi connectivity index (χ1) is 22.6. The molecule has 2 heterocycles. The van der Waals surface area contributed by atoms with Gasteiger partial charge in [0, 0.05) is 43.2 Å². The number of oxazole rings is 1. The molecule has 1 aliphatic carbocycles. The SMILES string of the molecule is Cc1oc(-c2ccc(N3CCOCC3)cc2)nc1CCOc1ccc(CCC(=O)OC(C)(C)C)c(COC(=O)NC2CCCCC2)c1. The van der Waals surface area contributed by atoms with Crippen molar-refractivity contribution in [2.75, 3.05) is 37.8 Å². The van der Waals surface area contributed by atoms with Gasteiger partial charge < -0.3 is 33.6 Å². The smallest absolute Gasteiger partial charge is 0.407 e. The van der Waals surface area contributed by atoms with E-state index in [0.29, 0.717) is 31.1 Å². The van der Waals surface area contributed by atoms with Gasteiger partial charge in [0.25, 0.3) is 0 Å². The van der Waals surface area contributed by atoms with E-state index in [4.69, 9.17) is 28.3 Å². The Balaban J connectivity index is 1.19. The van der Waals surface area contributed by atoms with E-state index in [1.54, 1.807) is 0 Å². The fourth-order valence-electron chi connectivity index (χ4n) is 5.98. The predicted octanol–water partition coefficient (Wildman–Crippen LogP) is 6.94. The third kappa shape index (κ3) is 10.5. The molecule has 1 saturated heterocycles. The molecule has 254 valence electrons. The third-order valence-corrected chi connectivity index (χ3v) is 8.47. The van der Waals surface area contributed by atoms with Crippen molar-refractivity contribution in [3.05, 3.63) is 65.0 Å². The predicted molar refractivity (Wildman–Crippen MR) is 180 cm³/mol. The second kappa shape index (κ2) is 16.2. The van der Waals surface area contributed by atoms with E-state index < -0.39 is 11.7 Å². The Labute approximate surface area is 278 Å². The number of morpholine rings is 1. The molecule has 2 aliphatic rings. The minimum Gasteiger partial charge on any atom is -0.493 e. The standard InChI is InChI=1S/C37H49N3O7/c1-26-33(39-35(46-26)28-10-14-31(15-11-28)40-19-22-43-23-20-40)18-21-44-32-16-12-27(13-17-34(41)47-37(2,3)4)29(24-32)25-45-36(42)38-30-8-6-5-7-9-30/h10-12,14-16,24,30H,5-9,13,17-23,25H2,1-4H3,(H,38,42). The number of carbonyl (C=O) groups is 2. The summed E-state index contributed by atoms with van der Waals surface area (Å²) < 4.78 is 28.7. The van der Waals surface area contributed by atoms with Crippen molar-refractivity contribution >= 4 is 17.7 Å². The van der Waals surface area contributed by atoms with Crippen LogP contribution in [0.25, 0.3) is 11.5 Å². The molecule has 5 rings (SSSR count). The summed E-state index contributed by atoms with van der Waals surface area (Å²) in [6.45, 7) is 11.2. The lowest BCUT2D eigenvalue weighted by molar-refractivity contribution is -0.154. The van der Waals surface area contributed by atoms with Gasteiger partial charge in [0.05, 0.1) is 25.5 Å². The molecule has 0 bridgehead atoms. The Bertz CT molecular complexity index is 1470. The van der Waals surface area contributed by atoms with Gasteiger partial charge in [-0.1, -0.05) is 25.3 Å². The van der Waals surface area contributed by atoms with Crippen LogP contribution in [0.5, 0.6) is 5.75 Å². The average Bonchev–Trinajstić information content (AvgIpc) is 3.43. The summed E-state index contributed by atoms with van der Waals surface area (Å²) in [5.74, 6) is 1.73. The number of nitrogens with zero attached hydrogens (tertiary/aromatic N) is 2. The number of hydrogen-bond donors (Lipinski definition) is 1. The molecule has 1 N–H and O–H groups in total. The lowest BCUT2D eigenvalue weighted by Gasteiger charge is -2.28. The summed E-state index contributed by atoms with van der Waals surface area (Å²) in [6.07, 6.45) is 6.25. The monoisotopic (exact) mass is 647 g/mol. The fraction of sp³-hybridized carbons (Fsp3) is 0.541. The van der Waals surface area contributed by atoms with E-state index in [1.807, 2.05) is 58.0 Å². The zero-order valence-corrected chi connectivity index (χ0v) is 28.3. The van der Waals surface area contributed by atoms with Crippen LogP contribution < -0.4 is 15.0 Å². The van der Waals surface area contributed by atoms with Crippen molar-refractivity contribution in [3.63, 3.8) is 0 Å². The van der Waals surface area contributed by atoms with E-state index >= 15 is 0 Å². The van der Waals surface area contributed by atoms with Crippen LogP contribution in [-0.2, 0) is 38.5 Å². The van der Waals surface area contributed by atoms with E-state index in [9.17, 15) is 9.59 Å². The van der Waals surface area contributed by atoms with Gasteiger partial charge in [-0.2, -0.15) is 0 Å². The molecule has 1 amide bonds. The van der Waals surface area contributed by atoms with Crippen LogP contribution in [0.2, 0.25) is 0 Å². The number of ether oxygens (including phenoxy) is 4. The van der Waals surface area contributed by atoms with E-state index in [-0.39, 0.29) is 25.0 Å². The minimum absolute atomic E-state index is 0.0789. The van der Waals surface area contributed by atoms with Crippen molar-refractivity contribution in [1.82, 2.24) is 10.3 Å². The fourth-order valence-corrected chi connectivity index (χ4v) is 5.98. The summed E-state index contributed by atoms with van der Waals surface area (Å²) in [5.41, 5.74) is 4.09. The van der Waals surface area contributed by atoms with E-state index in [0.717, 1.165) is 80.1 Å². The maximum Gasteiger partial charge on any atom is 0.407 e. The minimum atomic E-state index is -0.547. The van der Waals surface area contributed by atoms with Crippen LogP contribution in [0.3, 0.4) is 0 Å². The van der Waals surface area contributed by atoms with Crippen molar-refractivity contribution in [1.29, 1.82) is 0 Å². The number of hydrogen-bond acceptors (Lipinski definition) is 9. The summed E-state index contributed by atoms with van der Waals surface area (Å²) in [5, 5.41) is 3.00. The molecular weight excluding hydrogens is 598 g/mol. The van der Waals surface area contributed by atoms with Crippen LogP contribution in [0.1, 0.15) is 81.9 Å². The number of aryl methyl sites for hydroxylation is 2. The van der Waals surface area contributed by atoms with Gasteiger partial charge in [0.15, 0.2) is 0 Å². The first-order valence-corrected chi connectivity index (χ1v) is 16.9. The third-order valence-electron chi connectivity index (χ3n) is 8.47. The van der Waals surface area contributed by atoms with Crippen LogP contribution >= 0.6 is 0 Å². The number of anilines is 1. The first kappa shape index (κ1) is 34.3. The number of nitrogens with one attached hydrogen (secondary N) is 1. The lowest BCUT2D eigenvalue weighted by atomic mass is 9.96. The first-order valence-electron chi connectivity index (χ1n) is 16.9. The highest BCUT2D eigenvalue weighted by molar-refractivity contribution is 5.70. The molecular formula is C37H49N3O7. The number of benzene rings is 2. The van der Waals surface area contributed by atoms with Crippen molar-refractivity contribution in [3.8, 4) is 17.2 Å². The summed E-state index contributed by atoms with van der Waals surface area (Å²) in [6, 6.07) is 14.1. The molecule has 1 aliphatic heterocycles. The highest BCUT2D eigenvalue weighted by atomic mass is 16.6. The molecule has 0 unspecified atom stereocenters. The molecule has 2 aromatic carbocycles. The Kier molecular flexibility index (Phi) is 11.8. The molecule has 1 aromatic heterocycles. The topological polar surface area (TPSA) is 112 Å². The Hall–Kier alpha value is -4.05. The molecule has 10 nitrogen and oxygen atoms in total. The quantitative estimate of drug-likeness (QED) is 0.209. The van der Waals surface area contributed by atoms with Gasteiger partial charge in [-0.05, 0) is 94.5 Å². The van der Waals surface area contributed by atoms with Gasteiger partial charge in [-0.3, -0.25) is 4.79 Å². The number of carbonyl (C=O) groups excluding carboxylic acids is 2. The van der Waals surface area contributed by atoms with Gasteiger partial charge >= 0.3 is 12.1 Å². The zero-order chi connectivity index (χ0) is 33.2. The zero-order valence-electron chi connectivity index (χ0n) is 28.3. The Morgan fingerprint density at radius 2 is 1.72 bits per heavy atom. The number of esters is 1. The molecule has 0 atom stereocenters. The number of amides is 1. The second-order valence-electron chi connectivity index (χ2n) is 13.3. The normalized spacial score (nSPS) is 15.7. The van der Waals surface area contributed by atoms with Crippen molar-refractivity contribution in [2.45, 2.75) is 97.3 Å². The number of aromatic nitrogens is 1. The lowest BCUT2D eigenvalue weighted by Crippen LogP contribution is -2.36. The van der Waals surface area contributed by atoms with Gasteiger partial charge in [0.2, 0.25) is 5.89 Å². The molecule has 47 heavy (non-hydrogen) atoms. The summed E-state index contributed by atoms with van der Waals surface area (Å²) in [7, 11) is 0. The molecule has 10 heteroatoms. The number of alkyl carbamates (subject to hydrolysis) is 1. The molecule has 1 saturated carbocycles.